The Bertz CT molecular complexity index is 917. The average Bonchev–Trinajstić information content (AvgIpc) is 3.12. The molecule has 1 aliphatic heterocycles. The molecule has 0 radical (unpaired) electrons. The minimum atomic E-state index is 0.0349. The van der Waals surface area contributed by atoms with Gasteiger partial charge in [-0.3, -0.25) is 4.79 Å². The first kappa shape index (κ1) is 19.2. The maximum absolute atomic E-state index is 12.5. The van der Waals surface area contributed by atoms with Crippen LogP contribution >= 0.6 is 23.1 Å². The minimum Gasteiger partial charge on any atom is -0.367 e. The van der Waals surface area contributed by atoms with E-state index in [0.717, 1.165) is 53.8 Å². The highest BCUT2D eigenvalue weighted by atomic mass is 32.2. The van der Waals surface area contributed by atoms with E-state index < -0.39 is 0 Å². The molecular formula is C21H24N4OS2. The Morgan fingerprint density at radius 2 is 1.86 bits per heavy atom. The van der Waals surface area contributed by atoms with Crippen molar-refractivity contribution in [3.8, 4) is 0 Å². The normalized spacial score (nSPS) is 15.1. The van der Waals surface area contributed by atoms with Gasteiger partial charge >= 0.3 is 0 Å². The van der Waals surface area contributed by atoms with Crippen LogP contribution in [0.2, 0.25) is 0 Å². The lowest BCUT2D eigenvalue weighted by Crippen LogP contribution is -2.44. The second-order valence-corrected chi connectivity index (χ2v) is 9.02. The third kappa shape index (κ3) is 4.66. The van der Waals surface area contributed by atoms with Crippen LogP contribution in [0.15, 0.2) is 48.5 Å². The Morgan fingerprint density at radius 3 is 2.68 bits per heavy atom. The molecule has 1 amide bonds. The summed E-state index contributed by atoms with van der Waals surface area (Å²) >= 11 is 3.31. The highest BCUT2D eigenvalue weighted by Crippen LogP contribution is 2.27. The Labute approximate surface area is 173 Å². The van der Waals surface area contributed by atoms with Gasteiger partial charge in [0.15, 0.2) is 0 Å². The van der Waals surface area contributed by atoms with Crippen LogP contribution < -0.4 is 10.2 Å². The first-order valence-corrected chi connectivity index (χ1v) is 11.4. The summed E-state index contributed by atoms with van der Waals surface area (Å²) in [5.41, 5.74) is 3.05. The maximum atomic E-state index is 12.5. The van der Waals surface area contributed by atoms with Crippen LogP contribution in [0, 0.1) is 0 Å². The number of nitrogens with zero attached hydrogens (tertiary/aromatic N) is 3. The largest absolute Gasteiger partial charge is 0.367 e. The zero-order valence-electron chi connectivity index (χ0n) is 15.9. The Balaban J connectivity index is 1.32. The lowest BCUT2D eigenvalue weighted by Gasteiger charge is -2.35. The van der Waals surface area contributed by atoms with Crippen molar-refractivity contribution >= 4 is 50.6 Å². The second-order valence-electron chi connectivity index (χ2n) is 6.92. The molecule has 1 fully saturated rings. The molecule has 0 atom stereocenters. The summed E-state index contributed by atoms with van der Waals surface area (Å²) < 4.78 is 1.20. The molecule has 3 aromatic rings. The van der Waals surface area contributed by atoms with Crippen molar-refractivity contribution in [3.63, 3.8) is 0 Å². The van der Waals surface area contributed by atoms with E-state index in [-0.39, 0.29) is 5.91 Å². The predicted octanol–water partition coefficient (Wildman–Crippen LogP) is 3.92. The molecule has 2 aromatic carbocycles. The molecular weight excluding hydrogens is 388 g/mol. The van der Waals surface area contributed by atoms with Crippen LogP contribution in [0.25, 0.3) is 10.2 Å². The van der Waals surface area contributed by atoms with Gasteiger partial charge in [-0.15, -0.1) is 23.1 Å². The smallest absolute Gasteiger partial charge is 0.234 e. The van der Waals surface area contributed by atoms with Crippen molar-refractivity contribution in [1.82, 2.24) is 9.88 Å². The van der Waals surface area contributed by atoms with Gasteiger partial charge in [0.2, 0.25) is 5.91 Å². The lowest BCUT2D eigenvalue weighted by atomic mass is 10.2. The van der Waals surface area contributed by atoms with Crippen molar-refractivity contribution < 1.29 is 4.79 Å². The molecule has 4 rings (SSSR count). The number of anilines is 2. The molecule has 1 N–H and O–H groups in total. The van der Waals surface area contributed by atoms with Gasteiger partial charge in [-0.1, -0.05) is 24.3 Å². The van der Waals surface area contributed by atoms with Crippen molar-refractivity contribution in [3.05, 3.63) is 53.5 Å². The number of thioether (sulfide) groups is 1. The summed E-state index contributed by atoms with van der Waals surface area (Å²) in [7, 11) is 2.15. The van der Waals surface area contributed by atoms with Gasteiger partial charge in [0, 0.05) is 31.9 Å². The molecule has 1 saturated heterocycles. The zero-order valence-corrected chi connectivity index (χ0v) is 17.6. The molecule has 2 heterocycles. The summed E-state index contributed by atoms with van der Waals surface area (Å²) in [6.07, 6.45) is 0. The standard InChI is InChI=1S/C21H24N4OS2/c1-24-10-12-25(13-11-24)18-8-4-2-6-16(18)22-20(26)14-27-15-21-23-17-7-3-5-9-19(17)28-21/h2-9H,10-15H2,1H3,(H,22,26). The number of fused-ring (bicyclic) bond motifs is 1. The number of thiazole rings is 1. The number of hydrogen-bond acceptors (Lipinski definition) is 6. The minimum absolute atomic E-state index is 0.0349. The van der Waals surface area contributed by atoms with Crippen LogP contribution in [0.5, 0.6) is 0 Å². The lowest BCUT2D eigenvalue weighted by molar-refractivity contribution is -0.113. The van der Waals surface area contributed by atoms with E-state index in [4.69, 9.17) is 0 Å². The molecule has 7 heteroatoms. The van der Waals surface area contributed by atoms with E-state index in [2.05, 4.69) is 39.3 Å². The summed E-state index contributed by atoms with van der Waals surface area (Å²) in [6, 6.07) is 16.2. The highest BCUT2D eigenvalue weighted by molar-refractivity contribution is 7.99. The van der Waals surface area contributed by atoms with Crippen molar-refractivity contribution in [1.29, 1.82) is 0 Å². The number of piperazine rings is 1. The second kappa shape index (κ2) is 8.94. The Kier molecular flexibility index (Phi) is 6.14. The van der Waals surface area contributed by atoms with Gasteiger partial charge in [0.05, 0.1) is 27.3 Å². The Hall–Kier alpha value is -2.09. The van der Waals surface area contributed by atoms with Crippen LogP contribution in [-0.4, -0.2) is 54.8 Å². The first-order valence-electron chi connectivity index (χ1n) is 9.43. The van der Waals surface area contributed by atoms with Crippen molar-refractivity contribution in [2.24, 2.45) is 0 Å². The van der Waals surface area contributed by atoms with Gasteiger partial charge in [0.1, 0.15) is 5.01 Å². The van der Waals surface area contributed by atoms with Crippen LogP contribution in [0.1, 0.15) is 5.01 Å². The first-order chi connectivity index (χ1) is 13.7. The fourth-order valence-corrected chi connectivity index (χ4v) is 5.15. The third-order valence-corrected chi connectivity index (χ3v) is 6.98. The summed E-state index contributed by atoms with van der Waals surface area (Å²) in [4.78, 5) is 21.8. The van der Waals surface area contributed by atoms with E-state index in [9.17, 15) is 4.79 Å². The van der Waals surface area contributed by atoms with Crippen molar-refractivity contribution in [2.75, 3.05) is 49.2 Å². The van der Waals surface area contributed by atoms with Gasteiger partial charge in [-0.2, -0.15) is 0 Å². The number of carbonyl (C=O) groups excluding carboxylic acids is 1. The molecule has 0 bridgehead atoms. The van der Waals surface area contributed by atoms with Crippen LogP contribution in [0.4, 0.5) is 11.4 Å². The molecule has 0 unspecified atom stereocenters. The number of nitrogens with one attached hydrogen (secondary N) is 1. The molecule has 146 valence electrons. The topological polar surface area (TPSA) is 48.5 Å². The molecule has 0 saturated carbocycles. The number of amides is 1. The number of para-hydroxylation sites is 3. The molecule has 28 heavy (non-hydrogen) atoms. The van der Waals surface area contributed by atoms with E-state index in [1.807, 2.05) is 36.4 Å². The zero-order chi connectivity index (χ0) is 19.3. The number of aromatic nitrogens is 1. The van der Waals surface area contributed by atoms with Gasteiger partial charge in [-0.25, -0.2) is 4.98 Å². The molecule has 1 aliphatic rings. The van der Waals surface area contributed by atoms with Crippen LogP contribution in [0.3, 0.4) is 0 Å². The summed E-state index contributed by atoms with van der Waals surface area (Å²) in [5.74, 6) is 1.22. The Morgan fingerprint density at radius 1 is 1.11 bits per heavy atom. The monoisotopic (exact) mass is 412 g/mol. The summed E-state index contributed by atoms with van der Waals surface area (Å²) in [5, 5.41) is 4.17. The van der Waals surface area contributed by atoms with Crippen LogP contribution in [-0.2, 0) is 10.5 Å². The van der Waals surface area contributed by atoms with E-state index in [0.29, 0.717) is 5.75 Å². The SMILES string of the molecule is CN1CCN(c2ccccc2NC(=O)CSCc2nc3ccccc3s2)CC1. The number of benzene rings is 2. The number of rotatable bonds is 6. The number of carbonyl (C=O) groups is 1. The number of likely N-dealkylation sites (N-methyl/N-ethyl adjacent to an activating group) is 1. The van der Waals surface area contributed by atoms with Crippen molar-refractivity contribution in [2.45, 2.75) is 5.75 Å². The quantitative estimate of drug-likeness (QED) is 0.665. The fraction of sp³-hybridized carbons (Fsp3) is 0.333. The molecule has 0 spiro atoms. The van der Waals surface area contributed by atoms with E-state index in [1.54, 1.807) is 23.1 Å². The van der Waals surface area contributed by atoms with E-state index in [1.165, 1.54) is 4.70 Å². The number of hydrogen-bond donors (Lipinski definition) is 1. The van der Waals surface area contributed by atoms with E-state index >= 15 is 0 Å². The van der Waals surface area contributed by atoms with Gasteiger partial charge < -0.3 is 15.1 Å². The molecule has 5 nitrogen and oxygen atoms in total. The summed E-state index contributed by atoms with van der Waals surface area (Å²) in [6.45, 7) is 4.05. The molecule has 0 aliphatic carbocycles. The van der Waals surface area contributed by atoms with Gasteiger partial charge in [-0.05, 0) is 31.3 Å². The highest BCUT2D eigenvalue weighted by Gasteiger charge is 2.17. The average molecular weight is 413 g/mol. The predicted molar refractivity (Wildman–Crippen MR) is 121 cm³/mol. The molecule has 1 aromatic heterocycles. The van der Waals surface area contributed by atoms with Gasteiger partial charge in [0.25, 0.3) is 0 Å². The fourth-order valence-electron chi connectivity index (χ4n) is 3.30. The maximum Gasteiger partial charge on any atom is 0.234 e. The third-order valence-electron chi connectivity index (χ3n) is 4.82.